The molecule has 0 heterocycles. The monoisotopic (exact) mass is 280 g/mol. The van der Waals surface area contributed by atoms with Gasteiger partial charge >= 0.3 is 0 Å². The number of rotatable bonds is 11. The minimum absolute atomic E-state index is 0.312. The number of carbonyl (C=O) groups is 1. The zero-order valence-electron chi connectivity index (χ0n) is 13.2. The Morgan fingerprint density at radius 3 is 2.50 bits per heavy atom. The molecule has 2 nitrogen and oxygen atoms in total. The first-order valence-corrected chi connectivity index (χ1v) is 8.58. The van der Waals surface area contributed by atoms with Gasteiger partial charge in [-0.05, 0) is 38.0 Å². The minimum atomic E-state index is 0.312. The third kappa shape index (κ3) is 6.69. The van der Waals surface area contributed by atoms with Gasteiger partial charge in [0.25, 0.3) is 0 Å². The number of unbranched alkanes of at least 4 members (excludes halogenated alkanes) is 5. The minimum Gasteiger partial charge on any atom is -0.396 e. The van der Waals surface area contributed by atoms with Crippen molar-refractivity contribution in [1.82, 2.24) is 0 Å². The standard InChI is InChI=1S/C18H32O2/c1-2-3-8-12-17-16(13-14-18(17)20)11-9-6-4-5-7-10-15-19/h3,8,16-17,19H,2,4-7,9-15H2,1H3. The Morgan fingerprint density at radius 2 is 1.80 bits per heavy atom. The molecule has 0 bridgehead atoms. The van der Waals surface area contributed by atoms with Crippen molar-refractivity contribution in [3.05, 3.63) is 12.2 Å². The van der Waals surface area contributed by atoms with Crippen molar-refractivity contribution in [2.45, 2.75) is 77.6 Å². The largest absolute Gasteiger partial charge is 0.396 e. The summed E-state index contributed by atoms with van der Waals surface area (Å²) in [5.41, 5.74) is 0. The van der Waals surface area contributed by atoms with E-state index < -0.39 is 0 Å². The first-order chi connectivity index (χ1) is 9.79. The molecule has 0 saturated heterocycles. The van der Waals surface area contributed by atoms with Gasteiger partial charge in [0.2, 0.25) is 0 Å². The van der Waals surface area contributed by atoms with Crippen LogP contribution in [0.15, 0.2) is 12.2 Å². The molecule has 1 N–H and O–H groups in total. The number of allylic oxidation sites excluding steroid dienone is 2. The predicted molar refractivity (Wildman–Crippen MR) is 84.7 cm³/mol. The van der Waals surface area contributed by atoms with Gasteiger partial charge in [-0.15, -0.1) is 0 Å². The number of aliphatic hydroxyl groups is 1. The highest BCUT2D eigenvalue weighted by atomic mass is 16.2. The first kappa shape index (κ1) is 17.4. The van der Waals surface area contributed by atoms with Gasteiger partial charge in [0.1, 0.15) is 5.78 Å². The summed E-state index contributed by atoms with van der Waals surface area (Å²) in [5, 5.41) is 8.72. The molecular weight excluding hydrogens is 248 g/mol. The number of hydrogen-bond acceptors (Lipinski definition) is 2. The molecule has 0 aromatic rings. The van der Waals surface area contributed by atoms with Crippen LogP contribution < -0.4 is 0 Å². The first-order valence-electron chi connectivity index (χ1n) is 8.58. The van der Waals surface area contributed by atoms with Crippen LogP contribution >= 0.6 is 0 Å². The number of Topliss-reactive ketones (excluding diaryl/α,β-unsaturated/α-hetero) is 1. The molecule has 0 radical (unpaired) electrons. The van der Waals surface area contributed by atoms with Crippen LogP contribution in [0.1, 0.15) is 77.6 Å². The van der Waals surface area contributed by atoms with Crippen LogP contribution in [-0.4, -0.2) is 17.5 Å². The van der Waals surface area contributed by atoms with Crippen molar-refractivity contribution < 1.29 is 9.90 Å². The van der Waals surface area contributed by atoms with Crippen molar-refractivity contribution in [2.75, 3.05) is 6.61 Å². The maximum atomic E-state index is 11.9. The quantitative estimate of drug-likeness (QED) is 0.441. The molecule has 2 atom stereocenters. The Labute approximate surface area is 124 Å². The van der Waals surface area contributed by atoms with Crippen LogP contribution in [0.3, 0.4) is 0 Å². The summed E-state index contributed by atoms with van der Waals surface area (Å²) in [4.78, 5) is 11.9. The lowest BCUT2D eigenvalue weighted by atomic mass is 9.87. The van der Waals surface area contributed by atoms with Crippen LogP contribution in [0.4, 0.5) is 0 Å². The summed E-state index contributed by atoms with van der Waals surface area (Å²) < 4.78 is 0. The summed E-state index contributed by atoms with van der Waals surface area (Å²) in [5.74, 6) is 1.45. The van der Waals surface area contributed by atoms with Gasteiger partial charge in [-0.25, -0.2) is 0 Å². The molecule has 1 rings (SSSR count). The highest BCUT2D eigenvalue weighted by molar-refractivity contribution is 5.83. The molecule has 20 heavy (non-hydrogen) atoms. The van der Waals surface area contributed by atoms with Crippen LogP contribution in [0, 0.1) is 11.8 Å². The van der Waals surface area contributed by atoms with Crippen molar-refractivity contribution in [3.8, 4) is 0 Å². The van der Waals surface area contributed by atoms with Gasteiger partial charge in [0.05, 0.1) is 0 Å². The molecular formula is C18H32O2. The average molecular weight is 280 g/mol. The van der Waals surface area contributed by atoms with Gasteiger partial charge in [-0.2, -0.15) is 0 Å². The van der Waals surface area contributed by atoms with E-state index in [-0.39, 0.29) is 0 Å². The van der Waals surface area contributed by atoms with E-state index in [9.17, 15) is 4.79 Å². The zero-order chi connectivity index (χ0) is 14.6. The molecule has 0 spiro atoms. The number of hydrogen-bond donors (Lipinski definition) is 1. The smallest absolute Gasteiger partial charge is 0.136 e. The molecule has 116 valence electrons. The van der Waals surface area contributed by atoms with Crippen molar-refractivity contribution in [1.29, 1.82) is 0 Å². The van der Waals surface area contributed by atoms with Crippen molar-refractivity contribution in [2.24, 2.45) is 11.8 Å². The van der Waals surface area contributed by atoms with E-state index in [1.165, 1.54) is 32.1 Å². The highest BCUT2D eigenvalue weighted by Crippen LogP contribution is 2.35. The molecule has 2 unspecified atom stereocenters. The van der Waals surface area contributed by atoms with Crippen molar-refractivity contribution in [3.63, 3.8) is 0 Å². The third-order valence-electron chi connectivity index (χ3n) is 4.52. The van der Waals surface area contributed by atoms with E-state index in [4.69, 9.17) is 5.11 Å². The Kier molecular flexibility index (Phi) is 9.65. The van der Waals surface area contributed by atoms with E-state index in [1.54, 1.807) is 0 Å². The van der Waals surface area contributed by atoms with E-state index in [0.29, 0.717) is 24.2 Å². The molecule has 0 aromatic heterocycles. The Hall–Kier alpha value is -0.630. The summed E-state index contributed by atoms with van der Waals surface area (Å²) in [6, 6.07) is 0. The topological polar surface area (TPSA) is 37.3 Å². The molecule has 0 aliphatic heterocycles. The molecule has 2 heteroatoms. The van der Waals surface area contributed by atoms with Crippen LogP contribution in [-0.2, 0) is 4.79 Å². The van der Waals surface area contributed by atoms with Gasteiger partial charge in [0.15, 0.2) is 0 Å². The van der Waals surface area contributed by atoms with Gasteiger partial charge in [-0.1, -0.05) is 51.2 Å². The molecule has 0 amide bonds. The van der Waals surface area contributed by atoms with Gasteiger partial charge < -0.3 is 5.11 Å². The van der Waals surface area contributed by atoms with Gasteiger partial charge in [0, 0.05) is 18.9 Å². The Balaban J connectivity index is 2.14. The SMILES string of the molecule is CCC=CCC1C(=O)CCC1CCCCCCCCO. The zero-order valence-corrected chi connectivity index (χ0v) is 13.2. The summed E-state index contributed by atoms with van der Waals surface area (Å²) >= 11 is 0. The lowest BCUT2D eigenvalue weighted by molar-refractivity contribution is -0.121. The van der Waals surface area contributed by atoms with Crippen LogP contribution in [0.5, 0.6) is 0 Å². The lowest BCUT2D eigenvalue weighted by Crippen LogP contribution is -2.14. The number of ketones is 1. The fraction of sp³-hybridized carbons (Fsp3) is 0.833. The molecule has 0 aromatic carbocycles. The normalized spacial score (nSPS) is 23.0. The van der Waals surface area contributed by atoms with E-state index in [0.717, 1.165) is 38.5 Å². The fourth-order valence-electron chi connectivity index (χ4n) is 3.28. The Morgan fingerprint density at radius 1 is 1.10 bits per heavy atom. The maximum Gasteiger partial charge on any atom is 0.136 e. The van der Waals surface area contributed by atoms with Crippen molar-refractivity contribution >= 4 is 5.78 Å². The summed E-state index contributed by atoms with van der Waals surface area (Å²) in [6.45, 7) is 2.47. The van der Waals surface area contributed by atoms with Gasteiger partial charge in [-0.3, -0.25) is 4.79 Å². The van der Waals surface area contributed by atoms with E-state index >= 15 is 0 Å². The van der Waals surface area contributed by atoms with E-state index in [1.807, 2.05) is 0 Å². The summed E-state index contributed by atoms with van der Waals surface area (Å²) in [6.07, 6.45) is 16.8. The second kappa shape index (κ2) is 11.1. The van der Waals surface area contributed by atoms with Crippen LogP contribution in [0.25, 0.3) is 0 Å². The van der Waals surface area contributed by atoms with E-state index in [2.05, 4.69) is 19.1 Å². The fourth-order valence-corrected chi connectivity index (χ4v) is 3.28. The van der Waals surface area contributed by atoms with Crippen LogP contribution in [0.2, 0.25) is 0 Å². The highest BCUT2D eigenvalue weighted by Gasteiger charge is 2.32. The predicted octanol–water partition coefficient (Wildman–Crippen LogP) is 4.66. The third-order valence-corrected chi connectivity index (χ3v) is 4.52. The molecule has 1 aliphatic rings. The summed E-state index contributed by atoms with van der Waals surface area (Å²) in [7, 11) is 0. The number of aliphatic hydroxyl groups excluding tert-OH is 1. The molecule has 1 saturated carbocycles. The average Bonchev–Trinajstić information content (AvgIpc) is 2.79. The second-order valence-corrected chi connectivity index (χ2v) is 6.12. The second-order valence-electron chi connectivity index (χ2n) is 6.12. The maximum absolute atomic E-state index is 11.9. The molecule has 1 aliphatic carbocycles. The molecule has 1 fully saturated rings. The Bertz CT molecular complexity index is 283. The lowest BCUT2D eigenvalue weighted by Gasteiger charge is -2.16. The number of carbonyl (C=O) groups excluding carboxylic acids is 1.